The van der Waals surface area contributed by atoms with Crippen LogP contribution in [0.1, 0.15) is 55.8 Å². The van der Waals surface area contributed by atoms with Gasteiger partial charge in [-0.2, -0.15) is 0 Å². The van der Waals surface area contributed by atoms with Gasteiger partial charge in [-0.15, -0.1) is 0 Å². The van der Waals surface area contributed by atoms with E-state index >= 15 is 0 Å². The Morgan fingerprint density at radius 3 is 2.63 bits per heavy atom. The summed E-state index contributed by atoms with van der Waals surface area (Å²) in [6.07, 6.45) is 8.61. The maximum Gasteiger partial charge on any atom is 0.165 e. The summed E-state index contributed by atoms with van der Waals surface area (Å²) in [7, 11) is 2.00. The van der Waals surface area contributed by atoms with E-state index in [2.05, 4.69) is 13.0 Å². The van der Waals surface area contributed by atoms with Crippen LogP contribution in [0.5, 0.6) is 0 Å². The van der Waals surface area contributed by atoms with Crippen LogP contribution in [0.3, 0.4) is 0 Å². The van der Waals surface area contributed by atoms with Crippen LogP contribution < -0.4 is 0 Å². The van der Waals surface area contributed by atoms with Crippen LogP contribution >= 0.6 is 0 Å². The van der Waals surface area contributed by atoms with Crippen LogP contribution in [0.2, 0.25) is 0 Å². The van der Waals surface area contributed by atoms with Gasteiger partial charge in [0, 0.05) is 36.1 Å². The Balaban J connectivity index is 2.01. The first-order valence-corrected chi connectivity index (χ1v) is 7.31. The normalized spacial score (nSPS) is 11.1. The fraction of sp³-hybridized carbons (Fsp3) is 0.471. The molecule has 2 aromatic rings. The molecule has 1 aromatic carbocycles. The lowest BCUT2D eigenvalue weighted by Crippen LogP contribution is -1.98. The molecule has 0 fully saturated rings. The Kier molecular flexibility index (Phi) is 4.78. The number of rotatable bonds is 7. The summed E-state index contributed by atoms with van der Waals surface area (Å²) in [5, 5.41) is 1.09. The lowest BCUT2D eigenvalue weighted by atomic mass is 10.0. The van der Waals surface area contributed by atoms with Crippen molar-refractivity contribution in [2.75, 3.05) is 0 Å². The summed E-state index contributed by atoms with van der Waals surface area (Å²) in [6.45, 7) is 2.21. The van der Waals surface area contributed by atoms with E-state index in [-0.39, 0.29) is 5.78 Å². The van der Waals surface area contributed by atoms with Gasteiger partial charge in [-0.3, -0.25) is 4.79 Å². The molecule has 0 bridgehead atoms. The molecule has 102 valence electrons. The maximum absolute atomic E-state index is 12.3. The van der Waals surface area contributed by atoms with Crippen molar-refractivity contribution in [3.05, 3.63) is 36.0 Å². The number of aromatic nitrogens is 1. The fourth-order valence-corrected chi connectivity index (χ4v) is 2.59. The molecule has 1 heterocycles. The Morgan fingerprint density at radius 1 is 1.11 bits per heavy atom. The highest BCUT2D eigenvalue weighted by molar-refractivity contribution is 6.08. The molecule has 0 aliphatic carbocycles. The largest absolute Gasteiger partial charge is 0.350 e. The third-order valence-electron chi connectivity index (χ3n) is 3.70. The number of unbranched alkanes of at least 4 members (excludes halogenated alkanes) is 4. The second-order valence-electron chi connectivity index (χ2n) is 5.26. The van der Waals surface area contributed by atoms with Crippen LogP contribution in [-0.2, 0) is 7.05 Å². The number of fused-ring (bicyclic) bond motifs is 1. The lowest BCUT2D eigenvalue weighted by Gasteiger charge is -2.00. The molecule has 0 aliphatic rings. The van der Waals surface area contributed by atoms with Crippen LogP contribution in [0.25, 0.3) is 10.9 Å². The third-order valence-corrected chi connectivity index (χ3v) is 3.70. The number of aryl methyl sites for hydroxylation is 1. The van der Waals surface area contributed by atoms with E-state index < -0.39 is 0 Å². The number of benzene rings is 1. The zero-order valence-electron chi connectivity index (χ0n) is 12.0. The average molecular weight is 257 g/mol. The average Bonchev–Trinajstić information content (AvgIpc) is 2.76. The number of hydrogen-bond acceptors (Lipinski definition) is 1. The molecule has 0 radical (unpaired) electrons. The highest BCUT2D eigenvalue weighted by Gasteiger charge is 2.12. The summed E-state index contributed by atoms with van der Waals surface area (Å²) in [4.78, 5) is 12.3. The molecule has 0 amide bonds. The summed E-state index contributed by atoms with van der Waals surface area (Å²) in [5.74, 6) is 0.285. The number of para-hydroxylation sites is 1. The minimum absolute atomic E-state index is 0.285. The van der Waals surface area contributed by atoms with Crippen molar-refractivity contribution >= 4 is 16.7 Å². The van der Waals surface area contributed by atoms with Gasteiger partial charge >= 0.3 is 0 Å². The molecule has 0 aliphatic heterocycles. The summed E-state index contributed by atoms with van der Waals surface area (Å²) in [5.41, 5.74) is 2.02. The second-order valence-corrected chi connectivity index (χ2v) is 5.26. The Hall–Kier alpha value is -1.57. The van der Waals surface area contributed by atoms with E-state index in [0.717, 1.165) is 22.9 Å². The van der Waals surface area contributed by atoms with Gasteiger partial charge in [0.1, 0.15) is 0 Å². The Morgan fingerprint density at radius 2 is 1.84 bits per heavy atom. The van der Waals surface area contributed by atoms with Crippen LogP contribution in [0.15, 0.2) is 30.5 Å². The van der Waals surface area contributed by atoms with Crippen molar-refractivity contribution in [3.8, 4) is 0 Å². The SMILES string of the molecule is CCCCCCCC(=O)c1cn(C)c2ccccc12. The summed E-state index contributed by atoms with van der Waals surface area (Å²) < 4.78 is 2.04. The van der Waals surface area contributed by atoms with Crippen molar-refractivity contribution < 1.29 is 4.79 Å². The summed E-state index contributed by atoms with van der Waals surface area (Å²) in [6, 6.07) is 8.12. The fourth-order valence-electron chi connectivity index (χ4n) is 2.59. The predicted octanol–water partition coefficient (Wildman–Crippen LogP) is 4.72. The molecule has 0 N–H and O–H groups in total. The van der Waals surface area contributed by atoms with Gasteiger partial charge in [-0.1, -0.05) is 50.8 Å². The van der Waals surface area contributed by atoms with Crippen molar-refractivity contribution in [1.29, 1.82) is 0 Å². The smallest absolute Gasteiger partial charge is 0.165 e. The maximum atomic E-state index is 12.3. The lowest BCUT2D eigenvalue weighted by molar-refractivity contribution is 0.0980. The number of hydrogen-bond donors (Lipinski definition) is 0. The van der Waals surface area contributed by atoms with Gasteiger partial charge in [0.15, 0.2) is 5.78 Å². The first kappa shape index (κ1) is 13.9. The van der Waals surface area contributed by atoms with Crippen molar-refractivity contribution in [2.45, 2.75) is 45.4 Å². The molecule has 1 aromatic heterocycles. The van der Waals surface area contributed by atoms with Crippen molar-refractivity contribution in [2.24, 2.45) is 7.05 Å². The van der Waals surface area contributed by atoms with E-state index in [1.165, 1.54) is 25.7 Å². The van der Waals surface area contributed by atoms with Gasteiger partial charge < -0.3 is 4.57 Å². The van der Waals surface area contributed by atoms with Gasteiger partial charge in [-0.25, -0.2) is 0 Å². The third kappa shape index (κ3) is 3.25. The number of ketones is 1. The van der Waals surface area contributed by atoms with Crippen LogP contribution in [0, 0.1) is 0 Å². The standard InChI is InChI=1S/C17H23NO/c1-3-4-5-6-7-12-17(19)15-13-18(2)16-11-9-8-10-14(15)16/h8-11,13H,3-7,12H2,1-2H3. The van der Waals surface area contributed by atoms with Gasteiger partial charge in [-0.05, 0) is 12.5 Å². The van der Waals surface area contributed by atoms with Gasteiger partial charge in [0.2, 0.25) is 0 Å². The highest BCUT2D eigenvalue weighted by Crippen LogP contribution is 2.22. The topological polar surface area (TPSA) is 22.0 Å². The molecular formula is C17H23NO. The predicted molar refractivity (Wildman–Crippen MR) is 80.6 cm³/mol. The van der Waals surface area contributed by atoms with Crippen LogP contribution in [-0.4, -0.2) is 10.4 Å². The molecule has 19 heavy (non-hydrogen) atoms. The van der Waals surface area contributed by atoms with Crippen molar-refractivity contribution in [3.63, 3.8) is 0 Å². The highest BCUT2D eigenvalue weighted by atomic mass is 16.1. The minimum atomic E-state index is 0.285. The second kappa shape index (κ2) is 6.55. The number of nitrogens with zero attached hydrogens (tertiary/aromatic N) is 1. The minimum Gasteiger partial charge on any atom is -0.350 e. The van der Waals surface area contributed by atoms with E-state index in [0.29, 0.717) is 6.42 Å². The molecule has 0 unspecified atom stereocenters. The monoisotopic (exact) mass is 257 g/mol. The molecule has 0 saturated heterocycles. The molecular weight excluding hydrogens is 234 g/mol. The van der Waals surface area contributed by atoms with E-state index in [1.807, 2.05) is 36.0 Å². The van der Waals surface area contributed by atoms with Gasteiger partial charge in [0.25, 0.3) is 0 Å². The zero-order chi connectivity index (χ0) is 13.7. The first-order valence-electron chi connectivity index (χ1n) is 7.31. The molecule has 0 atom stereocenters. The first-order chi connectivity index (χ1) is 9.24. The van der Waals surface area contributed by atoms with Gasteiger partial charge in [0.05, 0.1) is 0 Å². The Bertz CT molecular complexity index is 553. The quantitative estimate of drug-likeness (QED) is 0.519. The van der Waals surface area contributed by atoms with E-state index in [4.69, 9.17) is 0 Å². The number of Topliss-reactive ketones (excluding diaryl/α,β-unsaturated/α-hetero) is 1. The summed E-state index contributed by atoms with van der Waals surface area (Å²) >= 11 is 0. The van der Waals surface area contributed by atoms with Crippen LogP contribution in [0.4, 0.5) is 0 Å². The number of carbonyl (C=O) groups is 1. The Labute approximate surface area is 115 Å². The molecule has 0 spiro atoms. The van der Waals surface area contributed by atoms with Crippen molar-refractivity contribution in [1.82, 2.24) is 4.57 Å². The molecule has 2 heteroatoms. The number of carbonyl (C=O) groups excluding carboxylic acids is 1. The van der Waals surface area contributed by atoms with E-state index in [9.17, 15) is 4.79 Å². The molecule has 2 nitrogen and oxygen atoms in total. The zero-order valence-corrected chi connectivity index (χ0v) is 12.0. The van der Waals surface area contributed by atoms with E-state index in [1.54, 1.807) is 0 Å². The molecule has 0 saturated carbocycles. The molecule has 2 rings (SSSR count).